The number of aromatic nitrogens is 1. The number of nitrogens with zero attached hydrogens (tertiary/aromatic N) is 1. The smallest absolute Gasteiger partial charge is 0.357 e. The number of hydrogen-bond donors (Lipinski definition) is 0. The summed E-state index contributed by atoms with van der Waals surface area (Å²) in [5, 5.41) is 0. The summed E-state index contributed by atoms with van der Waals surface area (Å²) in [6.45, 7) is 1.83. The minimum absolute atomic E-state index is 0.0292. The molecule has 2 rings (SSSR count). The molecule has 6 nitrogen and oxygen atoms in total. The molecule has 0 N–H and O–H groups in total. The molecule has 0 amide bonds. The molecule has 2 aromatic rings. The van der Waals surface area contributed by atoms with E-state index in [2.05, 4.69) is 9.72 Å². The van der Waals surface area contributed by atoms with E-state index in [9.17, 15) is 9.59 Å². The van der Waals surface area contributed by atoms with Gasteiger partial charge in [0.2, 0.25) is 0 Å². The van der Waals surface area contributed by atoms with Crippen LogP contribution < -0.4 is 9.47 Å². The molecule has 1 aromatic heterocycles. The van der Waals surface area contributed by atoms with Gasteiger partial charge in [-0.1, -0.05) is 0 Å². The molecule has 23 heavy (non-hydrogen) atoms. The molecule has 0 bridgehead atoms. The average molecular weight is 315 g/mol. The molecule has 0 atom stereocenters. The number of ketones is 1. The van der Waals surface area contributed by atoms with Gasteiger partial charge < -0.3 is 14.2 Å². The highest BCUT2D eigenvalue weighted by atomic mass is 16.5. The van der Waals surface area contributed by atoms with Gasteiger partial charge in [-0.2, -0.15) is 0 Å². The fourth-order valence-corrected chi connectivity index (χ4v) is 2.22. The van der Waals surface area contributed by atoms with Crippen molar-refractivity contribution in [3.05, 3.63) is 52.8 Å². The highest BCUT2D eigenvalue weighted by Gasteiger charge is 2.22. The van der Waals surface area contributed by atoms with E-state index in [1.54, 1.807) is 18.2 Å². The van der Waals surface area contributed by atoms with Crippen molar-refractivity contribution in [2.45, 2.75) is 6.92 Å². The minimum atomic E-state index is -0.667. The van der Waals surface area contributed by atoms with Crippen LogP contribution in [0.2, 0.25) is 0 Å². The number of rotatable bonds is 5. The van der Waals surface area contributed by atoms with Crippen LogP contribution in [-0.4, -0.2) is 38.1 Å². The van der Waals surface area contributed by atoms with E-state index in [4.69, 9.17) is 9.47 Å². The van der Waals surface area contributed by atoms with Crippen molar-refractivity contribution in [1.29, 1.82) is 0 Å². The van der Waals surface area contributed by atoms with E-state index < -0.39 is 5.97 Å². The van der Waals surface area contributed by atoms with Crippen molar-refractivity contribution in [2.75, 3.05) is 21.3 Å². The van der Waals surface area contributed by atoms with Crippen LogP contribution in [0.15, 0.2) is 30.5 Å². The number of hydrogen-bond acceptors (Lipinski definition) is 6. The molecule has 0 aliphatic carbocycles. The van der Waals surface area contributed by atoms with Gasteiger partial charge in [0.15, 0.2) is 11.5 Å². The van der Waals surface area contributed by atoms with Crippen LogP contribution in [0.25, 0.3) is 0 Å². The van der Waals surface area contributed by atoms with Crippen LogP contribution in [0, 0.1) is 6.92 Å². The quantitative estimate of drug-likeness (QED) is 0.623. The Morgan fingerprint density at radius 3 is 2.17 bits per heavy atom. The second kappa shape index (κ2) is 6.91. The zero-order valence-corrected chi connectivity index (χ0v) is 13.4. The third-order valence-corrected chi connectivity index (χ3v) is 3.45. The van der Waals surface area contributed by atoms with Crippen LogP contribution in [-0.2, 0) is 4.74 Å². The van der Waals surface area contributed by atoms with Gasteiger partial charge in [-0.05, 0) is 31.2 Å². The van der Waals surface area contributed by atoms with Gasteiger partial charge in [0.05, 0.1) is 26.9 Å². The Balaban J connectivity index is 2.56. The predicted octanol–water partition coefficient (Wildman–Crippen LogP) is 2.42. The maximum atomic E-state index is 12.8. The summed E-state index contributed by atoms with van der Waals surface area (Å²) in [5.41, 5.74) is 1.25. The normalized spacial score (nSPS) is 10.1. The molecule has 0 radical (unpaired) electrons. The fraction of sp³-hybridized carbons (Fsp3) is 0.235. The number of carbonyl (C=O) groups is 2. The first-order chi connectivity index (χ1) is 11.0. The van der Waals surface area contributed by atoms with Crippen molar-refractivity contribution >= 4 is 11.8 Å². The van der Waals surface area contributed by atoms with Crippen molar-refractivity contribution in [1.82, 2.24) is 4.98 Å². The Hall–Kier alpha value is -2.89. The summed E-state index contributed by atoms with van der Waals surface area (Å²) in [5.74, 6) is 0.0162. The van der Waals surface area contributed by atoms with Crippen molar-refractivity contribution in [3.63, 3.8) is 0 Å². The Morgan fingerprint density at radius 2 is 1.65 bits per heavy atom. The van der Waals surface area contributed by atoms with Gasteiger partial charge >= 0.3 is 5.97 Å². The summed E-state index contributed by atoms with van der Waals surface area (Å²) in [6.07, 6.45) is 1.43. The number of methoxy groups -OCH3 is 3. The molecule has 0 saturated heterocycles. The Labute approximate surface area is 134 Å². The lowest BCUT2D eigenvalue weighted by Crippen LogP contribution is -2.13. The van der Waals surface area contributed by atoms with Crippen LogP contribution in [0.4, 0.5) is 0 Å². The molecule has 0 unspecified atom stereocenters. The van der Waals surface area contributed by atoms with E-state index in [0.717, 1.165) is 5.56 Å². The van der Waals surface area contributed by atoms with Crippen LogP contribution >= 0.6 is 0 Å². The number of carbonyl (C=O) groups excluding carboxylic acids is 2. The van der Waals surface area contributed by atoms with E-state index >= 15 is 0 Å². The Morgan fingerprint density at radius 1 is 1.04 bits per heavy atom. The Bertz CT molecular complexity index is 729. The molecular weight excluding hydrogens is 298 g/mol. The Kier molecular flexibility index (Phi) is 4.95. The molecule has 0 spiro atoms. The summed E-state index contributed by atoms with van der Waals surface area (Å²) in [7, 11) is 4.27. The minimum Gasteiger partial charge on any atom is -0.496 e. The predicted molar refractivity (Wildman–Crippen MR) is 83.3 cm³/mol. The summed E-state index contributed by atoms with van der Waals surface area (Å²) in [4.78, 5) is 28.5. The van der Waals surface area contributed by atoms with Gasteiger partial charge in [-0.25, -0.2) is 9.78 Å². The molecule has 1 heterocycles. The first-order valence-corrected chi connectivity index (χ1v) is 6.84. The molecule has 1 aromatic carbocycles. The first-order valence-electron chi connectivity index (χ1n) is 6.84. The third-order valence-electron chi connectivity index (χ3n) is 3.45. The van der Waals surface area contributed by atoms with Gasteiger partial charge in [-0.3, -0.25) is 4.79 Å². The standard InChI is InChI=1S/C17H17NO5/c1-10-13(21-2)8-11(9-14(10)22-3)16(19)12-6-5-7-18-15(12)17(20)23-4/h5-9H,1-4H3. The van der Waals surface area contributed by atoms with Gasteiger partial charge in [0.1, 0.15) is 11.5 Å². The fourth-order valence-electron chi connectivity index (χ4n) is 2.22. The molecule has 120 valence electrons. The number of ether oxygens (including phenoxy) is 3. The number of benzene rings is 1. The van der Waals surface area contributed by atoms with Crippen molar-refractivity contribution in [3.8, 4) is 11.5 Å². The average Bonchev–Trinajstić information content (AvgIpc) is 2.60. The SMILES string of the molecule is COC(=O)c1ncccc1C(=O)c1cc(OC)c(C)c(OC)c1. The lowest BCUT2D eigenvalue weighted by molar-refractivity contribution is 0.0590. The molecule has 0 saturated carbocycles. The maximum absolute atomic E-state index is 12.8. The van der Waals surface area contributed by atoms with Crippen LogP contribution in [0.3, 0.4) is 0 Å². The molecular formula is C17H17NO5. The van der Waals surface area contributed by atoms with Crippen molar-refractivity contribution in [2.24, 2.45) is 0 Å². The molecule has 0 aliphatic rings. The topological polar surface area (TPSA) is 74.7 Å². The largest absolute Gasteiger partial charge is 0.496 e. The van der Waals surface area contributed by atoms with E-state index in [-0.39, 0.29) is 17.0 Å². The lowest BCUT2D eigenvalue weighted by Gasteiger charge is -2.12. The number of pyridine rings is 1. The molecule has 0 aliphatic heterocycles. The van der Waals surface area contributed by atoms with E-state index in [1.807, 2.05) is 6.92 Å². The first kappa shape index (κ1) is 16.5. The second-order valence-corrected chi connectivity index (χ2v) is 4.73. The highest BCUT2D eigenvalue weighted by molar-refractivity contribution is 6.14. The zero-order chi connectivity index (χ0) is 17.0. The summed E-state index contributed by atoms with van der Waals surface area (Å²) in [6, 6.07) is 6.32. The third kappa shape index (κ3) is 3.15. The molecule has 6 heteroatoms. The maximum Gasteiger partial charge on any atom is 0.357 e. The zero-order valence-electron chi connectivity index (χ0n) is 13.4. The van der Waals surface area contributed by atoms with Gasteiger partial charge in [-0.15, -0.1) is 0 Å². The van der Waals surface area contributed by atoms with Crippen LogP contribution in [0.5, 0.6) is 11.5 Å². The van der Waals surface area contributed by atoms with Crippen molar-refractivity contribution < 1.29 is 23.8 Å². The monoisotopic (exact) mass is 315 g/mol. The van der Waals surface area contributed by atoms with Gasteiger partial charge in [0.25, 0.3) is 0 Å². The molecule has 0 fully saturated rings. The van der Waals surface area contributed by atoms with E-state index in [0.29, 0.717) is 17.1 Å². The summed E-state index contributed by atoms with van der Waals surface area (Å²) < 4.78 is 15.2. The highest BCUT2D eigenvalue weighted by Crippen LogP contribution is 2.30. The number of esters is 1. The van der Waals surface area contributed by atoms with E-state index in [1.165, 1.54) is 33.6 Å². The second-order valence-electron chi connectivity index (χ2n) is 4.73. The van der Waals surface area contributed by atoms with Crippen LogP contribution in [0.1, 0.15) is 32.0 Å². The summed E-state index contributed by atoms with van der Waals surface area (Å²) >= 11 is 0. The van der Waals surface area contributed by atoms with Gasteiger partial charge in [0, 0.05) is 17.3 Å². The lowest BCUT2D eigenvalue weighted by atomic mass is 9.99.